The number of hydrogen-bond acceptors (Lipinski definition) is 4. The van der Waals surface area contributed by atoms with Gasteiger partial charge in [0.05, 0.1) is 10.7 Å². The zero-order valence-electron chi connectivity index (χ0n) is 9.88. The van der Waals surface area contributed by atoms with Crippen LogP contribution < -0.4 is 4.90 Å². The molecule has 0 saturated carbocycles. The molecule has 92 valence electrons. The van der Waals surface area contributed by atoms with Gasteiger partial charge < -0.3 is 0 Å². The molecule has 0 N–H and O–H groups in total. The average molecular weight is 263 g/mol. The zero-order valence-corrected chi connectivity index (χ0v) is 10.7. The molecule has 18 heavy (non-hydrogen) atoms. The summed E-state index contributed by atoms with van der Waals surface area (Å²) < 4.78 is 15.1. The number of benzene rings is 1. The van der Waals surface area contributed by atoms with Crippen molar-refractivity contribution in [3.63, 3.8) is 0 Å². The van der Waals surface area contributed by atoms with Crippen molar-refractivity contribution in [2.75, 3.05) is 4.90 Å². The van der Waals surface area contributed by atoms with Gasteiger partial charge in [0.25, 0.3) is 5.95 Å². The normalized spacial score (nSPS) is 14.2. The summed E-state index contributed by atoms with van der Waals surface area (Å²) in [7, 11) is 1.72. The highest BCUT2D eigenvalue weighted by atomic mass is 32.1. The number of aryl methyl sites for hydroxylation is 2. The number of anilines is 2. The van der Waals surface area contributed by atoms with E-state index in [4.69, 9.17) is 12.2 Å². The molecular weight excluding hydrogens is 253 g/mol. The Bertz CT molecular complexity index is 651. The Hall–Kier alpha value is -1.89. The topological polar surface area (TPSA) is 46.8 Å². The number of nitrogens with zero attached hydrogens (tertiary/aromatic N) is 5. The minimum absolute atomic E-state index is 0.281. The quantitative estimate of drug-likeness (QED) is 0.733. The Morgan fingerprint density at radius 2 is 2.17 bits per heavy atom. The largest absolute Gasteiger partial charge is 0.271 e. The van der Waals surface area contributed by atoms with Gasteiger partial charge in [-0.1, -0.05) is 17.3 Å². The standard InChI is InChI=1S/C11H10FN5S/c1-6-3-7(12)4-9-8(6)5-10(18)17(9)11-13-14-15-16(11)2/h3-4H,5H2,1-2H3. The molecule has 0 bridgehead atoms. The van der Waals surface area contributed by atoms with Crippen molar-refractivity contribution in [1.29, 1.82) is 0 Å². The van der Waals surface area contributed by atoms with Crippen molar-refractivity contribution >= 4 is 28.8 Å². The molecule has 2 heterocycles. The molecule has 1 aromatic carbocycles. The molecule has 1 aliphatic heterocycles. The molecule has 2 aromatic rings. The first-order valence-corrected chi connectivity index (χ1v) is 5.83. The number of rotatable bonds is 1. The minimum Gasteiger partial charge on any atom is -0.271 e. The van der Waals surface area contributed by atoms with E-state index in [1.165, 1.54) is 16.8 Å². The van der Waals surface area contributed by atoms with Crippen LogP contribution in [0.15, 0.2) is 12.1 Å². The molecule has 0 aliphatic carbocycles. The Balaban J connectivity index is 2.21. The molecule has 7 heteroatoms. The van der Waals surface area contributed by atoms with Gasteiger partial charge in [0.1, 0.15) is 5.82 Å². The predicted molar refractivity (Wildman–Crippen MR) is 68.4 cm³/mol. The van der Waals surface area contributed by atoms with Crippen molar-refractivity contribution in [3.05, 3.63) is 29.1 Å². The molecular formula is C11H10FN5S. The fourth-order valence-electron chi connectivity index (χ4n) is 2.18. The third-order valence-corrected chi connectivity index (χ3v) is 3.36. The van der Waals surface area contributed by atoms with E-state index >= 15 is 0 Å². The summed E-state index contributed by atoms with van der Waals surface area (Å²) in [6, 6.07) is 2.98. The molecule has 1 aromatic heterocycles. The number of tetrazole rings is 1. The van der Waals surface area contributed by atoms with Gasteiger partial charge in [0.15, 0.2) is 0 Å². The number of fused-ring (bicyclic) bond motifs is 1. The van der Waals surface area contributed by atoms with E-state index in [2.05, 4.69) is 15.5 Å². The molecule has 3 rings (SSSR count). The lowest BCUT2D eigenvalue weighted by Crippen LogP contribution is -2.22. The van der Waals surface area contributed by atoms with Crippen LogP contribution in [-0.4, -0.2) is 25.2 Å². The molecule has 0 atom stereocenters. The minimum atomic E-state index is -0.281. The summed E-state index contributed by atoms with van der Waals surface area (Å²) in [6.07, 6.45) is 0.615. The Morgan fingerprint density at radius 3 is 2.83 bits per heavy atom. The second-order valence-electron chi connectivity index (χ2n) is 4.23. The lowest BCUT2D eigenvalue weighted by molar-refractivity contribution is 0.626. The van der Waals surface area contributed by atoms with Crippen LogP contribution in [0.2, 0.25) is 0 Å². The van der Waals surface area contributed by atoms with Crippen molar-refractivity contribution in [3.8, 4) is 0 Å². The van der Waals surface area contributed by atoms with Crippen LogP contribution in [0.3, 0.4) is 0 Å². The van der Waals surface area contributed by atoms with Gasteiger partial charge >= 0.3 is 0 Å². The van der Waals surface area contributed by atoms with Crippen LogP contribution in [-0.2, 0) is 13.5 Å². The van der Waals surface area contributed by atoms with Gasteiger partial charge in [-0.15, -0.1) is 0 Å². The summed E-state index contributed by atoms with van der Waals surface area (Å²) in [5.74, 6) is 0.222. The molecule has 0 radical (unpaired) electrons. The monoisotopic (exact) mass is 263 g/mol. The van der Waals surface area contributed by atoms with Crippen molar-refractivity contribution in [2.24, 2.45) is 7.05 Å². The third kappa shape index (κ3) is 1.51. The first kappa shape index (κ1) is 11.2. The van der Waals surface area contributed by atoms with Gasteiger partial charge in [-0.05, 0) is 40.6 Å². The van der Waals surface area contributed by atoms with Crippen LogP contribution in [0.1, 0.15) is 11.1 Å². The maximum absolute atomic E-state index is 13.5. The van der Waals surface area contributed by atoms with Gasteiger partial charge in [0.2, 0.25) is 0 Å². The summed E-state index contributed by atoms with van der Waals surface area (Å²) in [5, 5.41) is 11.3. The smallest absolute Gasteiger partial charge is 0.254 e. The summed E-state index contributed by atoms with van der Waals surface area (Å²) >= 11 is 5.35. The lowest BCUT2D eigenvalue weighted by atomic mass is 10.1. The molecule has 0 amide bonds. The maximum Gasteiger partial charge on any atom is 0.254 e. The van der Waals surface area contributed by atoms with E-state index in [9.17, 15) is 4.39 Å². The van der Waals surface area contributed by atoms with Crippen LogP contribution >= 0.6 is 12.2 Å². The van der Waals surface area contributed by atoms with E-state index in [0.717, 1.165) is 16.8 Å². The van der Waals surface area contributed by atoms with Crippen molar-refractivity contribution in [1.82, 2.24) is 20.2 Å². The van der Waals surface area contributed by atoms with E-state index in [1.807, 2.05) is 6.92 Å². The molecule has 1 aliphatic rings. The fraction of sp³-hybridized carbons (Fsp3) is 0.273. The van der Waals surface area contributed by atoms with Gasteiger partial charge in [0, 0.05) is 13.5 Å². The second-order valence-corrected chi connectivity index (χ2v) is 4.70. The fourth-order valence-corrected chi connectivity index (χ4v) is 2.51. The van der Waals surface area contributed by atoms with Crippen LogP contribution in [0.4, 0.5) is 16.0 Å². The van der Waals surface area contributed by atoms with Gasteiger partial charge in [-0.3, -0.25) is 4.90 Å². The SMILES string of the molecule is Cc1cc(F)cc2c1CC(=S)N2c1nnnn1C. The maximum atomic E-state index is 13.5. The highest BCUT2D eigenvalue weighted by molar-refractivity contribution is 7.80. The second kappa shape index (κ2) is 3.81. The van der Waals surface area contributed by atoms with Gasteiger partial charge in [-0.2, -0.15) is 0 Å². The Kier molecular flexibility index (Phi) is 2.37. The molecule has 0 spiro atoms. The van der Waals surface area contributed by atoms with E-state index in [-0.39, 0.29) is 5.82 Å². The molecule has 0 saturated heterocycles. The zero-order chi connectivity index (χ0) is 12.9. The number of halogens is 1. The highest BCUT2D eigenvalue weighted by Crippen LogP contribution is 2.36. The first-order valence-electron chi connectivity index (χ1n) is 5.42. The Labute approximate surface area is 108 Å². The van der Waals surface area contributed by atoms with E-state index < -0.39 is 0 Å². The van der Waals surface area contributed by atoms with Crippen molar-refractivity contribution < 1.29 is 4.39 Å². The summed E-state index contributed by atoms with van der Waals surface area (Å²) in [5.41, 5.74) is 2.66. The van der Waals surface area contributed by atoms with Crippen LogP contribution in [0.5, 0.6) is 0 Å². The Morgan fingerprint density at radius 1 is 1.39 bits per heavy atom. The summed E-state index contributed by atoms with van der Waals surface area (Å²) in [4.78, 5) is 2.40. The first-order chi connectivity index (χ1) is 8.58. The highest BCUT2D eigenvalue weighted by Gasteiger charge is 2.30. The van der Waals surface area contributed by atoms with Crippen molar-refractivity contribution in [2.45, 2.75) is 13.3 Å². The average Bonchev–Trinajstić information content (AvgIpc) is 2.82. The van der Waals surface area contributed by atoms with E-state index in [1.54, 1.807) is 11.9 Å². The summed E-state index contributed by atoms with van der Waals surface area (Å²) in [6.45, 7) is 1.88. The molecule has 5 nitrogen and oxygen atoms in total. The van der Waals surface area contributed by atoms with E-state index in [0.29, 0.717) is 17.4 Å². The predicted octanol–water partition coefficient (Wildman–Crippen LogP) is 1.68. The lowest BCUT2D eigenvalue weighted by Gasteiger charge is -2.16. The number of thiocarbonyl (C=S) groups is 1. The number of aromatic nitrogens is 4. The third-order valence-electron chi connectivity index (χ3n) is 3.03. The number of hydrogen-bond donors (Lipinski definition) is 0. The van der Waals surface area contributed by atoms with Crippen LogP contribution in [0, 0.1) is 12.7 Å². The van der Waals surface area contributed by atoms with Crippen LogP contribution in [0.25, 0.3) is 0 Å². The molecule has 0 unspecified atom stereocenters. The van der Waals surface area contributed by atoms with Gasteiger partial charge in [-0.25, -0.2) is 9.07 Å². The molecule has 0 fully saturated rings.